The lowest BCUT2D eigenvalue weighted by molar-refractivity contribution is 0.315. The highest BCUT2D eigenvalue weighted by atomic mass is 15.2. The fraction of sp³-hybridized carbons (Fsp3) is 0.333. The van der Waals surface area contributed by atoms with E-state index in [1.165, 1.54) is 53.9 Å². The number of hydrogen-bond acceptors (Lipinski definition) is 2. The summed E-state index contributed by atoms with van der Waals surface area (Å²) in [6.07, 6.45) is 6.06. The smallest absolute Gasteiger partial charge is 0.0399 e. The molecule has 0 saturated carbocycles. The van der Waals surface area contributed by atoms with Crippen molar-refractivity contribution in [3.8, 4) is 0 Å². The molecule has 3 aromatic carbocycles. The zero-order valence-electron chi connectivity index (χ0n) is 18.8. The predicted molar refractivity (Wildman–Crippen MR) is 134 cm³/mol. The van der Waals surface area contributed by atoms with Gasteiger partial charge in [0, 0.05) is 44.3 Å². The van der Waals surface area contributed by atoms with Gasteiger partial charge in [0.1, 0.15) is 0 Å². The maximum atomic E-state index is 2.65. The first-order chi connectivity index (χ1) is 15.8. The van der Waals surface area contributed by atoms with Gasteiger partial charge in [0.2, 0.25) is 0 Å². The molecule has 32 heavy (non-hydrogen) atoms. The van der Waals surface area contributed by atoms with Crippen LogP contribution in [0.25, 0.3) is 5.57 Å². The molecule has 1 fully saturated rings. The fourth-order valence-corrected chi connectivity index (χ4v) is 6.05. The van der Waals surface area contributed by atoms with Gasteiger partial charge in [-0.25, -0.2) is 0 Å². The third-order valence-electron chi connectivity index (χ3n) is 7.75. The van der Waals surface area contributed by atoms with Crippen LogP contribution in [-0.2, 0) is 19.4 Å². The first kappa shape index (κ1) is 19.8. The molecule has 0 spiro atoms. The normalized spacial score (nSPS) is 22.1. The monoisotopic (exact) mass is 420 g/mol. The molecule has 0 radical (unpaired) electrons. The molecule has 3 aliphatic rings. The van der Waals surface area contributed by atoms with Crippen molar-refractivity contribution in [2.75, 3.05) is 31.1 Å². The van der Waals surface area contributed by atoms with Gasteiger partial charge in [-0.2, -0.15) is 0 Å². The van der Waals surface area contributed by atoms with E-state index in [9.17, 15) is 0 Å². The first-order valence-electron chi connectivity index (χ1n) is 12.2. The second-order valence-electron chi connectivity index (χ2n) is 9.75. The molecule has 162 valence electrons. The number of likely N-dealkylation sites (tertiary alicyclic amines) is 1. The van der Waals surface area contributed by atoms with E-state index in [-0.39, 0.29) is 0 Å². The summed E-state index contributed by atoms with van der Waals surface area (Å²) in [7, 11) is 0. The Morgan fingerprint density at radius 3 is 2.47 bits per heavy atom. The zero-order chi connectivity index (χ0) is 21.3. The quantitative estimate of drug-likeness (QED) is 0.495. The van der Waals surface area contributed by atoms with Crippen LogP contribution in [-0.4, -0.2) is 31.1 Å². The van der Waals surface area contributed by atoms with Gasteiger partial charge >= 0.3 is 0 Å². The molecular weight excluding hydrogens is 388 g/mol. The Balaban J connectivity index is 1.07. The standard InChI is InChI=1S/C30H32N2/c1-2-6-24(7-3-1)20-31-21-27-14-15-28(29(27)22-31)25-12-10-23(11-13-25)16-18-32-19-17-26-8-4-5-9-30(26)32/h1-13,15,27,29H,14,16-22H2. The summed E-state index contributed by atoms with van der Waals surface area (Å²) in [5.41, 5.74) is 8.85. The van der Waals surface area contributed by atoms with E-state index in [1.807, 2.05) is 0 Å². The molecule has 0 bridgehead atoms. The van der Waals surface area contributed by atoms with Gasteiger partial charge in [-0.1, -0.05) is 78.9 Å². The Bertz CT molecular complexity index is 1100. The SMILES string of the molecule is C1=C(c2ccc(CCN3CCc4ccccc43)cc2)C2CN(Cc3ccccc3)CC2C1. The van der Waals surface area contributed by atoms with Crippen LogP contribution < -0.4 is 4.90 Å². The van der Waals surface area contributed by atoms with E-state index < -0.39 is 0 Å². The molecule has 1 saturated heterocycles. The molecule has 0 amide bonds. The minimum Gasteiger partial charge on any atom is -0.371 e. The lowest BCUT2D eigenvalue weighted by Crippen LogP contribution is -2.23. The Morgan fingerprint density at radius 2 is 1.59 bits per heavy atom. The Hall–Kier alpha value is -2.84. The van der Waals surface area contributed by atoms with Crippen molar-refractivity contribution in [2.24, 2.45) is 11.8 Å². The molecule has 2 heterocycles. The van der Waals surface area contributed by atoms with E-state index >= 15 is 0 Å². The lowest BCUT2D eigenvalue weighted by Gasteiger charge is -2.20. The van der Waals surface area contributed by atoms with E-state index in [2.05, 4.69) is 94.7 Å². The summed E-state index contributed by atoms with van der Waals surface area (Å²) < 4.78 is 0. The van der Waals surface area contributed by atoms with E-state index in [0.29, 0.717) is 5.92 Å². The van der Waals surface area contributed by atoms with Gasteiger partial charge in [0.05, 0.1) is 0 Å². The molecule has 0 N–H and O–H groups in total. The molecule has 2 atom stereocenters. The summed E-state index contributed by atoms with van der Waals surface area (Å²) in [4.78, 5) is 5.20. The summed E-state index contributed by atoms with van der Waals surface area (Å²) in [6, 6.07) is 29.3. The van der Waals surface area contributed by atoms with Crippen LogP contribution >= 0.6 is 0 Å². The Morgan fingerprint density at radius 1 is 0.781 bits per heavy atom. The Kier molecular flexibility index (Phi) is 5.32. The van der Waals surface area contributed by atoms with E-state index in [1.54, 1.807) is 5.57 Å². The third kappa shape index (κ3) is 3.89. The molecule has 3 aromatic rings. The number of benzene rings is 3. The molecule has 2 heteroatoms. The van der Waals surface area contributed by atoms with Crippen LogP contribution in [0.15, 0.2) is 84.9 Å². The predicted octanol–water partition coefficient (Wildman–Crippen LogP) is 5.83. The van der Waals surface area contributed by atoms with Crippen LogP contribution in [0.2, 0.25) is 0 Å². The summed E-state index contributed by atoms with van der Waals surface area (Å²) in [6.45, 7) is 5.78. The van der Waals surface area contributed by atoms with E-state index in [0.717, 1.165) is 32.0 Å². The lowest BCUT2D eigenvalue weighted by atomic mass is 9.90. The minimum atomic E-state index is 0.700. The van der Waals surface area contributed by atoms with Crippen molar-refractivity contribution in [3.05, 3.63) is 107 Å². The van der Waals surface area contributed by atoms with Crippen LogP contribution in [0.5, 0.6) is 0 Å². The van der Waals surface area contributed by atoms with Crippen LogP contribution in [0.3, 0.4) is 0 Å². The molecule has 2 unspecified atom stereocenters. The molecule has 0 aromatic heterocycles. The second kappa shape index (κ2) is 8.60. The zero-order valence-corrected chi connectivity index (χ0v) is 18.8. The van der Waals surface area contributed by atoms with Crippen molar-refractivity contribution in [1.29, 1.82) is 0 Å². The molecule has 2 aliphatic heterocycles. The Labute approximate surface area is 192 Å². The van der Waals surface area contributed by atoms with Crippen molar-refractivity contribution >= 4 is 11.3 Å². The second-order valence-corrected chi connectivity index (χ2v) is 9.75. The summed E-state index contributed by atoms with van der Waals surface area (Å²) in [5.74, 6) is 1.49. The number of allylic oxidation sites excluding steroid dienone is 1. The molecule has 2 nitrogen and oxygen atoms in total. The number of nitrogens with zero attached hydrogens (tertiary/aromatic N) is 2. The van der Waals surface area contributed by atoms with Crippen molar-refractivity contribution < 1.29 is 0 Å². The average molecular weight is 421 g/mol. The highest BCUT2D eigenvalue weighted by molar-refractivity contribution is 5.70. The van der Waals surface area contributed by atoms with Crippen LogP contribution in [0, 0.1) is 11.8 Å². The maximum absolute atomic E-state index is 2.65. The first-order valence-corrected chi connectivity index (χ1v) is 12.2. The van der Waals surface area contributed by atoms with Crippen LogP contribution in [0.1, 0.15) is 28.7 Å². The maximum Gasteiger partial charge on any atom is 0.0399 e. The van der Waals surface area contributed by atoms with Gasteiger partial charge in [-0.15, -0.1) is 0 Å². The summed E-state index contributed by atoms with van der Waals surface area (Å²) in [5, 5.41) is 0. The van der Waals surface area contributed by atoms with Gasteiger partial charge in [-0.05, 0) is 59.1 Å². The number of para-hydroxylation sites is 1. The number of anilines is 1. The van der Waals surface area contributed by atoms with Gasteiger partial charge in [-0.3, -0.25) is 4.90 Å². The fourth-order valence-electron chi connectivity index (χ4n) is 6.05. The van der Waals surface area contributed by atoms with Crippen molar-refractivity contribution in [3.63, 3.8) is 0 Å². The highest BCUT2D eigenvalue weighted by Crippen LogP contribution is 2.43. The van der Waals surface area contributed by atoms with Gasteiger partial charge in [0.15, 0.2) is 0 Å². The van der Waals surface area contributed by atoms with E-state index in [4.69, 9.17) is 0 Å². The molecular formula is C30H32N2. The van der Waals surface area contributed by atoms with Gasteiger partial charge < -0.3 is 4.90 Å². The third-order valence-corrected chi connectivity index (χ3v) is 7.75. The average Bonchev–Trinajstić information content (AvgIpc) is 3.53. The van der Waals surface area contributed by atoms with Crippen molar-refractivity contribution in [2.45, 2.75) is 25.8 Å². The van der Waals surface area contributed by atoms with Gasteiger partial charge in [0.25, 0.3) is 0 Å². The summed E-state index contributed by atoms with van der Waals surface area (Å²) >= 11 is 0. The molecule has 6 rings (SSSR count). The number of fused-ring (bicyclic) bond motifs is 2. The highest BCUT2D eigenvalue weighted by Gasteiger charge is 2.38. The largest absolute Gasteiger partial charge is 0.371 e. The number of rotatable bonds is 6. The minimum absolute atomic E-state index is 0.700. The molecule has 1 aliphatic carbocycles. The van der Waals surface area contributed by atoms with Crippen LogP contribution in [0.4, 0.5) is 5.69 Å². The topological polar surface area (TPSA) is 6.48 Å². The van der Waals surface area contributed by atoms with Crippen molar-refractivity contribution in [1.82, 2.24) is 4.90 Å². The number of hydrogen-bond donors (Lipinski definition) is 0.